The summed E-state index contributed by atoms with van der Waals surface area (Å²) in [6.45, 7) is 10.5. The highest BCUT2D eigenvalue weighted by atomic mass is 16.5. The van der Waals surface area contributed by atoms with Gasteiger partial charge in [-0.25, -0.2) is 0 Å². The normalized spacial score (nSPS) is 10.6. The molecule has 0 saturated heterocycles. The van der Waals surface area contributed by atoms with Gasteiger partial charge in [0.15, 0.2) is 11.4 Å². The van der Waals surface area contributed by atoms with Crippen molar-refractivity contribution in [2.24, 2.45) is 11.0 Å². The average molecular weight is 437 g/mol. The molecular weight excluding hydrogens is 398 g/mol. The van der Waals surface area contributed by atoms with Gasteiger partial charge in [0.05, 0.1) is 19.8 Å². The molecule has 2 N–H and O–H groups in total. The van der Waals surface area contributed by atoms with Crippen LogP contribution in [0.1, 0.15) is 59.8 Å². The van der Waals surface area contributed by atoms with E-state index in [0.717, 1.165) is 12.1 Å². The molecule has 1 aromatic rings. The van der Waals surface area contributed by atoms with Crippen LogP contribution in [-0.2, 0) is 19.1 Å². The Kier molecular flexibility index (Phi) is 12.9. The highest BCUT2D eigenvalue weighted by Gasteiger charge is 2.14. The van der Waals surface area contributed by atoms with Gasteiger partial charge in [-0.2, -0.15) is 5.53 Å². The van der Waals surface area contributed by atoms with Gasteiger partial charge in [-0.05, 0) is 56.3 Å². The van der Waals surface area contributed by atoms with Crippen LogP contribution >= 0.6 is 0 Å². The van der Waals surface area contributed by atoms with Crippen molar-refractivity contribution in [2.45, 2.75) is 59.8 Å². The zero-order valence-corrected chi connectivity index (χ0v) is 19.4. The second-order valence-corrected chi connectivity index (χ2v) is 7.62. The molecule has 1 aromatic carbocycles. The van der Waals surface area contributed by atoms with Gasteiger partial charge in [-0.15, -0.1) is 0 Å². The van der Waals surface area contributed by atoms with E-state index in [4.69, 9.17) is 19.7 Å². The van der Waals surface area contributed by atoms with E-state index < -0.39 is 0 Å². The van der Waals surface area contributed by atoms with E-state index >= 15 is 0 Å². The molecule has 0 radical (unpaired) electrons. The summed E-state index contributed by atoms with van der Waals surface area (Å²) in [5.41, 5.74) is 7.04. The molecule has 0 fully saturated rings. The SMILES string of the molecule is CCOC(=O)CCCN(CCCC(=O)OCC)c1ccc(N=[NH2+])c(OCCC(C)C)c1. The van der Waals surface area contributed by atoms with Gasteiger partial charge in [0.25, 0.3) is 0 Å². The van der Waals surface area contributed by atoms with Gasteiger partial charge >= 0.3 is 11.9 Å². The van der Waals surface area contributed by atoms with Crippen LogP contribution in [0.15, 0.2) is 23.3 Å². The van der Waals surface area contributed by atoms with Crippen molar-refractivity contribution >= 4 is 23.3 Å². The van der Waals surface area contributed by atoms with Gasteiger partial charge < -0.3 is 19.1 Å². The summed E-state index contributed by atoms with van der Waals surface area (Å²) in [5.74, 6) is 0.748. The number of benzene rings is 1. The summed E-state index contributed by atoms with van der Waals surface area (Å²) in [6.07, 6.45) is 2.90. The molecule has 8 heteroatoms. The molecule has 0 aliphatic heterocycles. The Labute approximate surface area is 185 Å². The maximum absolute atomic E-state index is 11.7. The van der Waals surface area contributed by atoms with Crippen LogP contribution in [0, 0.1) is 5.92 Å². The van der Waals surface area contributed by atoms with Gasteiger partial charge in [0.2, 0.25) is 0 Å². The second-order valence-electron chi connectivity index (χ2n) is 7.62. The van der Waals surface area contributed by atoms with E-state index in [1.165, 1.54) is 0 Å². The molecule has 0 unspecified atom stereocenters. The van der Waals surface area contributed by atoms with Crippen molar-refractivity contribution in [3.63, 3.8) is 0 Å². The minimum atomic E-state index is -0.205. The first-order valence-corrected chi connectivity index (χ1v) is 11.1. The lowest BCUT2D eigenvalue weighted by Gasteiger charge is -2.25. The summed E-state index contributed by atoms with van der Waals surface area (Å²) in [4.78, 5) is 25.5. The van der Waals surface area contributed by atoms with E-state index in [2.05, 4.69) is 23.9 Å². The zero-order valence-electron chi connectivity index (χ0n) is 19.4. The van der Waals surface area contributed by atoms with E-state index in [9.17, 15) is 9.59 Å². The van der Waals surface area contributed by atoms with Crippen molar-refractivity contribution in [1.82, 2.24) is 0 Å². The molecule has 0 spiro atoms. The fourth-order valence-electron chi connectivity index (χ4n) is 2.99. The Balaban J connectivity index is 2.88. The van der Waals surface area contributed by atoms with Crippen LogP contribution in [0.4, 0.5) is 11.4 Å². The van der Waals surface area contributed by atoms with Crippen LogP contribution in [0.2, 0.25) is 0 Å². The number of nitrogens with zero attached hydrogens (tertiary/aromatic N) is 2. The molecule has 0 heterocycles. The minimum Gasteiger partial charge on any atom is -0.491 e. The summed E-state index contributed by atoms with van der Waals surface area (Å²) in [5, 5.41) is 3.81. The number of carbonyl (C=O) groups is 2. The van der Waals surface area contributed by atoms with Crippen molar-refractivity contribution in [2.75, 3.05) is 37.8 Å². The molecule has 0 atom stereocenters. The molecule has 0 amide bonds. The topological polar surface area (TPSA) is 103 Å². The minimum absolute atomic E-state index is 0.205. The smallest absolute Gasteiger partial charge is 0.305 e. The van der Waals surface area contributed by atoms with Crippen LogP contribution in [0.25, 0.3) is 0 Å². The monoisotopic (exact) mass is 436 g/mol. The fourth-order valence-corrected chi connectivity index (χ4v) is 2.99. The summed E-state index contributed by atoms with van der Waals surface area (Å²) in [7, 11) is 0. The largest absolute Gasteiger partial charge is 0.491 e. The zero-order chi connectivity index (χ0) is 23.1. The van der Waals surface area contributed by atoms with Crippen molar-refractivity contribution in [3.05, 3.63) is 18.2 Å². The molecular formula is C23H38N3O5+. The molecule has 174 valence electrons. The van der Waals surface area contributed by atoms with Crippen LogP contribution in [0.5, 0.6) is 5.75 Å². The molecule has 1 rings (SSSR count). The number of esters is 2. The number of hydrogen-bond donors (Lipinski definition) is 1. The number of rotatable bonds is 16. The first-order chi connectivity index (χ1) is 14.9. The molecule has 0 aliphatic carbocycles. The Morgan fingerprint density at radius 2 is 1.61 bits per heavy atom. The highest BCUT2D eigenvalue weighted by molar-refractivity contribution is 5.70. The lowest BCUT2D eigenvalue weighted by atomic mass is 10.1. The van der Waals surface area contributed by atoms with Gasteiger partial charge in [-0.3, -0.25) is 9.59 Å². The van der Waals surface area contributed by atoms with E-state index in [1.807, 2.05) is 18.2 Å². The molecule has 0 aromatic heterocycles. The average Bonchev–Trinajstić information content (AvgIpc) is 2.72. The lowest BCUT2D eigenvalue weighted by molar-refractivity contribution is -0.210. The molecule has 0 saturated carbocycles. The summed E-state index contributed by atoms with van der Waals surface area (Å²) < 4.78 is 16.0. The predicted molar refractivity (Wildman–Crippen MR) is 119 cm³/mol. The summed E-state index contributed by atoms with van der Waals surface area (Å²) in [6, 6.07) is 5.67. The third-order valence-corrected chi connectivity index (χ3v) is 4.63. The Bertz CT molecular complexity index is 670. The Hall–Kier alpha value is -2.64. The fraction of sp³-hybridized carbons (Fsp3) is 0.652. The van der Waals surface area contributed by atoms with Gasteiger partial charge in [-0.1, -0.05) is 13.8 Å². The predicted octanol–water partition coefficient (Wildman–Crippen LogP) is 3.45. The van der Waals surface area contributed by atoms with E-state index in [1.54, 1.807) is 13.8 Å². The number of ether oxygens (including phenoxy) is 3. The van der Waals surface area contributed by atoms with Crippen LogP contribution < -0.4 is 15.2 Å². The van der Waals surface area contributed by atoms with Crippen LogP contribution in [-0.4, -0.2) is 44.8 Å². The maximum Gasteiger partial charge on any atom is 0.305 e. The highest BCUT2D eigenvalue weighted by Crippen LogP contribution is 2.32. The van der Waals surface area contributed by atoms with Gasteiger partial charge in [0, 0.05) is 37.7 Å². The molecule has 0 aliphatic rings. The third kappa shape index (κ3) is 10.8. The van der Waals surface area contributed by atoms with Crippen LogP contribution in [0.3, 0.4) is 0 Å². The van der Waals surface area contributed by atoms with Crippen molar-refractivity contribution in [3.8, 4) is 5.75 Å². The van der Waals surface area contributed by atoms with Gasteiger partial charge in [0.1, 0.15) is 0 Å². The Morgan fingerprint density at radius 3 is 2.10 bits per heavy atom. The molecule has 0 bridgehead atoms. The number of nitrogens with two attached hydrogens (primary N) is 1. The van der Waals surface area contributed by atoms with Crippen molar-refractivity contribution in [1.29, 1.82) is 0 Å². The van der Waals surface area contributed by atoms with Crippen molar-refractivity contribution < 1.29 is 29.3 Å². The Morgan fingerprint density at radius 1 is 1.03 bits per heavy atom. The lowest BCUT2D eigenvalue weighted by Crippen LogP contribution is -2.27. The number of carbonyl (C=O) groups excluding carboxylic acids is 2. The maximum atomic E-state index is 11.7. The first-order valence-electron chi connectivity index (χ1n) is 11.1. The quantitative estimate of drug-likeness (QED) is 0.314. The van der Waals surface area contributed by atoms with E-state index in [-0.39, 0.29) is 11.9 Å². The second kappa shape index (κ2) is 15.2. The summed E-state index contributed by atoms with van der Waals surface area (Å²) >= 11 is 0. The third-order valence-electron chi connectivity index (χ3n) is 4.63. The molecule has 8 nitrogen and oxygen atoms in total. The molecule has 31 heavy (non-hydrogen) atoms. The number of hydrogen-bond acceptors (Lipinski definition) is 7. The first kappa shape index (κ1) is 26.4. The van der Waals surface area contributed by atoms with E-state index in [0.29, 0.717) is 75.9 Å². The standard InChI is InChI=1S/C23H37N3O5/c1-5-29-22(27)9-7-14-26(15-8-10-23(28)30-6-2)19-11-12-20(25-24)21(17-19)31-16-13-18(3)4/h11-12,17-18,24H,5-10,13-16H2,1-4H3/p+1. The number of anilines is 1.